The van der Waals surface area contributed by atoms with Crippen molar-refractivity contribution in [2.24, 2.45) is 5.73 Å². The Hall–Kier alpha value is -1.44. The maximum Gasteiger partial charge on any atom is 0.251 e. The van der Waals surface area contributed by atoms with E-state index in [2.05, 4.69) is 12.2 Å². The maximum atomic E-state index is 12.2. The van der Waals surface area contributed by atoms with Crippen molar-refractivity contribution in [1.29, 1.82) is 0 Å². The zero-order chi connectivity index (χ0) is 17.3. The lowest BCUT2D eigenvalue weighted by Gasteiger charge is -2.16. The number of methoxy groups -OCH3 is 1. The van der Waals surface area contributed by atoms with E-state index in [1.165, 1.54) is 31.4 Å². The minimum absolute atomic E-state index is 0.0624. The summed E-state index contributed by atoms with van der Waals surface area (Å²) in [6.45, 7) is 2.60. The molecule has 6 nitrogen and oxygen atoms in total. The Kier molecular flexibility index (Phi) is 8.22. The molecule has 130 valence electrons. The van der Waals surface area contributed by atoms with Crippen LogP contribution in [0.1, 0.15) is 36.5 Å². The average molecular weight is 342 g/mol. The van der Waals surface area contributed by atoms with Crippen molar-refractivity contribution in [1.82, 2.24) is 5.32 Å². The molecule has 0 aliphatic rings. The van der Waals surface area contributed by atoms with Gasteiger partial charge in [-0.1, -0.05) is 19.8 Å². The molecular weight excluding hydrogens is 316 g/mol. The third-order valence-corrected chi connectivity index (χ3v) is 5.25. The number of ether oxygens (including phenoxy) is 1. The predicted molar refractivity (Wildman–Crippen MR) is 90.2 cm³/mol. The number of sulfone groups is 1. The van der Waals surface area contributed by atoms with E-state index in [1.54, 1.807) is 0 Å². The van der Waals surface area contributed by atoms with Crippen molar-refractivity contribution in [2.75, 3.05) is 26.0 Å². The molecule has 3 N–H and O–H groups in total. The summed E-state index contributed by atoms with van der Waals surface area (Å²) in [5, 5.41) is 2.88. The number of amides is 1. The molecule has 1 rings (SSSR count). The van der Waals surface area contributed by atoms with Gasteiger partial charge in [0.2, 0.25) is 0 Å². The number of unbranched alkanes of at least 4 members (excludes halogenated alkanes) is 1. The van der Waals surface area contributed by atoms with Crippen LogP contribution in [-0.4, -0.2) is 46.4 Å². The molecule has 0 aromatic heterocycles. The molecule has 1 aromatic rings. The first kappa shape index (κ1) is 19.6. The summed E-state index contributed by atoms with van der Waals surface area (Å²) in [5.74, 6) is -0.321. The largest absolute Gasteiger partial charge is 0.384 e. The summed E-state index contributed by atoms with van der Waals surface area (Å²) >= 11 is 0. The van der Waals surface area contributed by atoms with Crippen LogP contribution in [0, 0.1) is 0 Å². The number of benzene rings is 1. The zero-order valence-electron chi connectivity index (χ0n) is 13.7. The second-order valence-corrected chi connectivity index (χ2v) is 7.49. The standard InChI is InChI=1S/C16H26N2O4S/c1-3-4-5-14(12-17)18-16(19)13-6-8-15(9-7-13)23(20,21)11-10-22-2/h6-9,14H,3-5,10-12,17H2,1-2H3,(H,18,19). The van der Waals surface area contributed by atoms with E-state index < -0.39 is 9.84 Å². The van der Waals surface area contributed by atoms with Crippen molar-refractivity contribution in [2.45, 2.75) is 37.1 Å². The zero-order valence-corrected chi connectivity index (χ0v) is 14.6. The molecule has 0 bridgehead atoms. The number of nitrogens with one attached hydrogen (secondary N) is 1. The van der Waals surface area contributed by atoms with E-state index in [9.17, 15) is 13.2 Å². The predicted octanol–water partition coefficient (Wildman–Crippen LogP) is 1.35. The summed E-state index contributed by atoms with van der Waals surface area (Å²) in [7, 11) is -1.93. The molecule has 0 radical (unpaired) electrons. The van der Waals surface area contributed by atoms with Crippen LogP contribution in [0.2, 0.25) is 0 Å². The molecule has 0 spiro atoms. The van der Waals surface area contributed by atoms with Gasteiger partial charge in [-0.25, -0.2) is 8.42 Å². The Morgan fingerprint density at radius 1 is 1.30 bits per heavy atom. The quantitative estimate of drug-likeness (QED) is 0.669. The number of rotatable bonds is 10. The van der Waals surface area contributed by atoms with Gasteiger partial charge >= 0.3 is 0 Å². The lowest BCUT2D eigenvalue weighted by atomic mass is 10.1. The number of carbonyl (C=O) groups is 1. The minimum Gasteiger partial charge on any atom is -0.384 e. The summed E-state index contributed by atoms with van der Waals surface area (Å²) in [6.07, 6.45) is 2.88. The molecular formula is C16H26N2O4S. The first-order chi connectivity index (χ1) is 10.9. The van der Waals surface area contributed by atoms with Gasteiger partial charge in [-0.3, -0.25) is 4.79 Å². The summed E-state index contributed by atoms with van der Waals surface area (Å²) in [6, 6.07) is 5.87. The van der Waals surface area contributed by atoms with Gasteiger partial charge < -0.3 is 15.8 Å². The normalized spacial score (nSPS) is 12.8. The highest BCUT2D eigenvalue weighted by atomic mass is 32.2. The molecule has 1 unspecified atom stereocenters. The maximum absolute atomic E-state index is 12.2. The molecule has 1 aromatic carbocycles. The van der Waals surface area contributed by atoms with E-state index in [1.807, 2.05) is 0 Å². The van der Waals surface area contributed by atoms with Crippen LogP contribution < -0.4 is 11.1 Å². The number of hydrogen-bond acceptors (Lipinski definition) is 5. The Bertz CT molecular complexity index is 585. The molecule has 0 saturated carbocycles. The second kappa shape index (κ2) is 9.64. The molecule has 0 aliphatic carbocycles. The van der Waals surface area contributed by atoms with Crippen LogP contribution >= 0.6 is 0 Å². The summed E-state index contributed by atoms with van der Waals surface area (Å²) in [4.78, 5) is 12.4. The lowest BCUT2D eigenvalue weighted by molar-refractivity contribution is 0.0935. The third-order valence-electron chi connectivity index (χ3n) is 3.56. The van der Waals surface area contributed by atoms with Gasteiger partial charge in [0.25, 0.3) is 5.91 Å². The van der Waals surface area contributed by atoms with E-state index in [4.69, 9.17) is 10.5 Å². The fraction of sp³-hybridized carbons (Fsp3) is 0.562. The molecule has 0 fully saturated rings. The number of carbonyl (C=O) groups excluding carboxylic acids is 1. The highest BCUT2D eigenvalue weighted by molar-refractivity contribution is 7.91. The van der Waals surface area contributed by atoms with Crippen molar-refractivity contribution in [3.63, 3.8) is 0 Å². The Balaban J connectivity index is 2.73. The van der Waals surface area contributed by atoms with Gasteiger partial charge in [0, 0.05) is 25.3 Å². The first-order valence-corrected chi connectivity index (χ1v) is 9.42. The SMILES string of the molecule is CCCCC(CN)NC(=O)c1ccc(S(=O)(=O)CCOC)cc1. The van der Waals surface area contributed by atoms with Crippen molar-refractivity contribution in [3.05, 3.63) is 29.8 Å². The molecule has 7 heteroatoms. The van der Waals surface area contributed by atoms with Crippen LogP contribution in [0.25, 0.3) is 0 Å². The summed E-state index contributed by atoms with van der Waals surface area (Å²) < 4.78 is 28.8. The Morgan fingerprint density at radius 3 is 2.48 bits per heavy atom. The van der Waals surface area contributed by atoms with Crippen molar-refractivity contribution < 1.29 is 17.9 Å². The lowest BCUT2D eigenvalue weighted by Crippen LogP contribution is -2.40. The Morgan fingerprint density at radius 2 is 1.96 bits per heavy atom. The smallest absolute Gasteiger partial charge is 0.251 e. The van der Waals surface area contributed by atoms with Gasteiger partial charge in [-0.2, -0.15) is 0 Å². The summed E-state index contributed by atoms with van der Waals surface area (Å²) in [5.41, 5.74) is 6.08. The van der Waals surface area contributed by atoms with Crippen LogP contribution in [0.4, 0.5) is 0 Å². The number of nitrogens with two attached hydrogens (primary N) is 1. The van der Waals surface area contributed by atoms with Crippen molar-refractivity contribution >= 4 is 15.7 Å². The molecule has 23 heavy (non-hydrogen) atoms. The molecule has 1 amide bonds. The molecule has 0 heterocycles. The van der Waals surface area contributed by atoms with E-state index >= 15 is 0 Å². The fourth-order valence-corrected chi connectivity index (χ4v) is 3.27. The van der Waals surface area contributed by atoms with Gasteiger partial charge in [-0.05, 0) is 30.7 Å². The minimum atomic E-state index is -3.38. The highest BCUT2D eigenvalue weighted by Gasteiger charge is 2.16. The van der Waals surface area contributed by atoms with Crippen molar-refractivity contribution in [3.8, 4) is 0 Å². The third kappa shape index (κ3) is 6.29. The van der Waals surface area contributed by atoms with Crippen LogP contribution in [0.3, 0.4) is 0 Å². The number of hydrogen-bond donors (Lipinski definition) is 2. The highest BCUT2D eigenvalue weighted by Crippen LogP contribution is 2.13. The first-order valence-electron chi connectivity index (χ1n) is 7.77. The van der Waals surface area contributed by atoms with Gasteiger partial charge in [0.05, 0.1) is 17.3 Å². The second-order valence-electron chi connectivity index (χ2n) is 5.38. The van der Waals surface area contributed by atoms with Crippen LogP contribution in [-0.2, 0) is 14.6 Å². The van der Waals surface area contributed by atoms with E-state index in [0.29, 0.717) is 12.1 Å². The monoisotopic (exact) mass is 342 g/mol. The Labute approximate surface area is 138 Å². The topological polar surface area (TPSA) is 98.5 Å². The molecule has 0 saturated heterocycles. The van der Waals surface area contributed by atoms with E-state index in [0.717, 1.165) is 19.3 Å². The van der Waals surface area contributed by atoms with Gasteiger partial charge in [0.1, 0.15) is 0 Å². The van der Waals surface area contributed by atoms with Crippen LogP contribution in [0.5, 0.6) is 0 Å². The van der Waals surface area contributed by atoms with Gasteiger partial charge in [-0.15, -0.1) is 0 Å². The van der Waals surface area contributed by atoms with Gasteiger partial charge in [0.15, 0.2) is 9.84 Å². The average Bonchev–Trinajstić information content (AvgIpc) is 2.56. The van der Waals surface area contributed by atoms with E-state index in [-0.39, 0.29) is 29.2 Å². The fourth-order valence-electron chi connectivity index (χ4n) is 2.09. The molecule has 0 aliphatic heterocycles. The van der Waals surface area contributed by atoms with Crippen LogP contribution in [0.15, 0.2) is 29.2 Å². The molecule has 1 atom stereocenters.